The third-order valence-electron chi connectivity index (χ3n) is 3.13. The van der Waals surface area contributed by atoms with Crippen molar-refractivity contribution in [3.8, 4) is 11.6 Å². The number of ether oxygens (including phenoxy) is 1. The van der Waals surface area contributed by atoms with Gasteiger partial charge >= 0.3 is 0 Å². The van der Waals surface area contributed by atoms with E-state index in [1.54, 1.807) is 6.20 Å². The summed E-state index contributed by atoms with van der Waals surface area (Å²) in [6.07, 6.45) is 1.79. The second-order valence-electron chi connectivity index (χ2n) is 5.11. The molecule has 0 unspecified atom stereocenters. The molecule has 1 aromatic heterocycles. The Morgan fingerprint density at radius 2 is 2.05 bits per heavy atom. The number of benzene rings is 1. The van der Waals surface area contributed by atoms with E-state index in [-0.39, 0.29) is 0 Å². The van der Waals surface area contributed by atoms with Crippen molar-refractivity contribution in [1.29, 1.82) is 0 Å². The Hall–Kier alpha value is -1.87. The summed E-state index contributed by atoms with van der Waals surface area (Å²) >= 11 is 0. The van der Waals surface area contributed by atoms with Crippen molar-refractivity contribution in [1.82, 2.24) is 10.3 Å². The molecule has 0 bridgehead atoms. The van der Waals surface area contributed by atoms with Crippen molar-refractivity contribution in [2.24, 2.45) is 0 Å². The fourth-order valence-electron chi connectivity index (χ4n) is 1.94. The second-order valence-corrected chi connectivity index (χ2v) is 5.11. The predicted octanol–water partition coefficient (Wildman–Crippen LogP) is 4.11. The SMILES string of the molecule is CCNCc1ccnc(Oc2cccc(C(C)C)c2)c1. The van der Waals surface area contributed by atoms with Crippen molar-refractivity contribution in [3.63, 3.8) is 0 Å². The topological polar surface area (TPSA) is 34.2 Å². The maximum Gasteiger partial charge on any atom is 0.219 e. The summed E-state index contributed by atoms with van der Waals surface area (Å²) < 4.78 is 5.85. The molecule has 0 saturated heterocycles. The molecule has 20 heavy (non-hydrogen) atoms. The van der Waals surface area contributed by atoms with E-state index in [9.17, 15) is 0 Å². The Bertz CT molecular complexity index is 552. The van der Waals surface area contributed by atoms with Gasteiger partial charge in [-0.15, -0.1) is 0 Å². The molecule has 0 amide bonds. The first-order valence-electron chi connectivity index (χ1n) is 7.12. The second kappa shape index (κ2) is 7.06. The monoisotopic (exact) mass is 270 g/mol. The van der Waals surface area contributed by atoms with Crippen LogP contribution >= 0.6 is 0 Å². The van der Waals surface area contributed by atoms with Crippen LogP contribution < -0.4 is 10.1 Å². The van der Waals surface area contributed by atoms with Crippen LogP contribution in [0.15, 0.2) is 42.6 Å². The lowest BCUT2D eigenvalue weighted by atomic mass is 10.0. The molecule has 3 nitrogen and oxygen atoms in total. The Balaban J connectivity index is 2.11. The van der Waals surface area contributed by atoms with Crippen molar-refractivity contribution in [3.05, 3.63) is 53.7 Å². The molecule has 0 fully saturated rings. The lowest BCUT2D eigenvalue weighted by Gasteiger charge is -2.10. The summed E-state index contributed by atoms with van der Waals surface area (Å²) in [7, 11) is 0. The minimum Gasteiger partial charge on any atom is -0.439 e. The van der Waals surface area contributed by atoms with Crippen LogP contribution in [-0.2, 0) is 6.54 Å². The van der Waals surface area contributed by atoms with E-state index < -0.39 is 0 Å². The molecule has 0 radical (unpaired) electrons. The van der Waals surface area contributed by atoms with Gasteiger partial charge in [0, 0.05) is 18.8 Å². The highest BCUT2D eigenvalue weighted by Crippen LogP contribution is 2.24. The molecule has 2 aromatic rings. The van der Waals surface area contributed by atoms with Crippen LogP contribution in [0.25, 0.3) is 0 Å². The van der Waals surface area contributed by atoms with Gasteiger partial charge < -0.3 is 10.1 Å². The van der Waals surface area contributed by atoms with E-state index >= 15 is 0 Å². The van der Waals surface area contributed by atoms with Crippen molar-refractivity contribution >= 4 is 0 Å². The number of aromatic nitrogens is 1. The number of rotatable bonds is 6. The molecule has 3 heteroatoms. The van der Waals surface area contributed by atoms with E-state index in [1.165, 1.54) is 11.1 Å². The van der Waals surface area contributed by atoms with E-state index in [4.69, 9.17) is 4.74 Å². The zero-order valence-electron chi connectivity index (χ0n) is 12.4. The van der Waals surface area contributed by atoms with E-state index in [0.717, 1.165) is 18.8 Å². The maximum absolute atomic E-state index is 5.85. The van der Waals surface area contributed by atoms with Crippen LogP contribution in [0, 0.1) is 0 Å². The molecular formula is C17H22N2O. The summed E-state index contributed by atoms with van der Waals surface area (Å²) in [5.74, 6) is 1.97. The molecule has 1 N–H and O–H groups in total. The van der Waals surface area contributed by atoms with Gasteiger partial charge in [0.25, 0.3) is 0 Å². The Kier molecular flexibility index (Phi) is 5.13. The summed E-state index contributed by atoms with van der Waals surface area (Å²) in [6.45, 7) is 8.23. The summed E-state index contributed by atoms with van der Waals surface area (Å²) in [4.78, 5) is 4.27. The van der Waals surface area contributed by atoms with Gasteiger partial charge in [-0.2, -0.15) is 0 Å². The largest absolute Gasteiger partial charge is 0.439 e. The van der Waals surface area contributed by atoms with Gasteiger partial charge in [-0.25, -0.2) is 4.98 Å². The van der Waals surface area contributed by atoms with Gasteiger partial charge in [-0.1, -0.05) is 32.9 Å². The number of pyridine rings is 1. The van der Waals surface area contributed by atoms with Crippen LogP contribution in [-0.4, -0.2) is 11.5 Å². The number of nitrogens with one attached hydrogen (secondary N) is 1. The van der Waals surface area contributed by atoms with E-state index in [0.29, 0.717) is 11.8 Å². The predicted molar refractivity (Wildman–Crippen MR) is 82.2 cm³/mol. The molecular weight excluding hydrogens is 248 g/mol. The molecule has 0 atom stereocenters. The maximum atomic E-state index is 5.85. The standard InChI is InChI=1S/C17H22N2O/c1-4-18-12-14-8-9-19-17(10-14)20-16-7-5-6-15(11-16)13(2)3/h5-11,13,18H,4,12H2,1-3H3. The van der Waals surface area contributed by atoms with Gasteiger partial charge in [0.15, 0.2) is 0 Å². The van der Waals surface area contributed by atoms with Gasteiger partial charge in [0.2, 0.25) is 5.88 Å². The highest BCUT2D eigenvalue weighted by molar-refractivity contribution is 5.33. The first kappa shape index (κ1) is 14.5. The zero-order valence-corrected chi connectivity index (χ0v) is 12.4. The van der Waals surface area contributed by atoms with E-state index in [2.05, 4.69) is 43.2 Å². The smallest absolute Gasteiger partial charge is 0.219 e. The lowest BCUT2D eigenvalue weighted by molar-refractivity contribution is 0.461. The molecule has 0 aliphatic carbocycles. The molecule has 1 aromatic carbocycles. The highest BCUT2D eigenvalue weighted by atomic mass is 16.5. The fraction of sp³-hybridized carbons (Fsp3) is 0.353. The van der Waals surface area contributed by atoms with Crippen molar-refractivity contribution in [2.75, 3.05) is 6.54 Å². The number of nitrogens with zero attached hydrogens (tertiary/aromatic N) is 1. The molecule has 0 spiro atoms. The van der Waals surface area contributed by atoms with Crippen LogP contribution in [0.2, 0.25) is 0 Å². The normalized spacial score (nSPS) is 10.8. The molecule has 0 aliphatic heterocycles. The minimum absolute atomic E-state index is 0.492. The first-order chi connectivity index (χ1) is 9.69. The molecule has 106 valence electrons. The quantitative estimate of drug-likeness (QED) is 0.857. The van der Waals surface area contributed by atoms with Crippen LogP contribution in [0.3, 0.4) is 0 Å². The average Bonchev–Trinajstić information content (AvgIpc) is 2.46. The summed E-state index contributed by atoms with van der Waals surface area (Å²) in [5.41, 5.74) is 2.45. The molecule has 0 saturated carbocycles. The van der Waals surface area contributed by atoms with Gasteiger partial charge in [-0.05, 0) is 41.8 Å². The Morgan fingerprint density at radius 3 is 2.80 bits per heavy atom. The first-order valence-corrected chi connectivity index (χ1v) is 7.12. The van der Waals surface area contributed by atoms with Gasteiger partial charge in [-0.3, -0.25) is 0 Å². The number of hydrogen-bond acceptors (Lipinski definition) is 3. The summed E-state index contributed by atoms with van der Waals surface area (Å²) in [5, 5.41) is 3.30. The Labute approximate surface area is 121 Å². The van der Waals surface area contributed by atoms with Crippen LogP contribution in [0.4, 0.5) is 0 Å². The van der Waals surface area contributed by atoms with E-state index in [1.807, 2.05) is 24.3 Å². The molecule has 1 heterocycles. The van der Waals surface area contributed by atoms with Crippen molar-refractivity contribution in [2.45, 2.75) is 33.2 Å². The van der Waals surface area contributed by atoms with Crippen molar-refractivity contribution < 1.29 is 4.74 Å². The van der Waals surface area contributed by atoms with Gasteiger partial charge in [0.1, 0.15) is 5.75 Å². The number of hydrogen-bond donors (Lipinski definition) is 1. The fourth-order valence-corrected chi connectivity index (χ4v) is 1.94. The lowest BCUT2D eigenvalue weighted by Crippen LogP contribution is -2.11. The molecule has 2 rings (SSSR count). The summed E-state index contributed by atoms with van der Waals surface area (Å²) in [6, 6.07) is 12.2. The minimum atomic E-state index is 0.492. The Morgan fingerprint density at radius 1 is 1.20 bits per heavy atom. The zero-order chi connectivity index (χ0) is 14.4. The molecule has 0 aliphatic rings. The van der Waals surface area contributed by atoms with Crippen LogP contribution in [0.5, 0.6) is 11.6 Å². The average molecular weight is 270 g/mol. The van der Waals surface area contributed by atoms with Crippen LogP contribution in [0.1, 0.15) is 37.8 Å². The van der Waals surface area contributed by atoms with Gasteiger partial charge in [0.05, 0.1) is 0 Å². The highest BCUT2D eigenvalue weighted by Gasteiger charge is 2.03. The third kappa shape index (κ3) is 4.07. The third-order valence-corrected chi connectivity index (χ3v) is 3.13.